The van der Waals surface area contributed by atoms with Crippen LogP contribution < -0.4 is 0 Å². The molecule has 0 saturated carbocycles. The molecule has 1 unspecified atom stereocenters. The number of fused-ring (bicyclic) bond motifs is 1. The van der Waals surface area contributed by atoms with E-state index in [1.54, 1.807) is 6.20 Å². The number of ether oxygens (including phenoxy) is 1. The molecular weight excluding hydrogens is 282 g/mol. The molecule has 0 saturated heterocycles. The van der Waals surface area contributed by atoms with E-state index in [9.17, 15) is 4.79 Å². The number of methoxy groups -OCH3 is 1. The van der Waals surface area contributed by atoms with Crippen molar-refractivity contribution in [2.24, 2.45) is 0 Å². The summed E-state index contributed by atoms with van der Waals surface area (Å²) in [4.78, 5) is 15.1. The summed E-state index contributed by atoms with van der Waals surface area (Å²) in [6, 6.07) is 7.95. The van der Waals surface area contributed by atoms with E-state index >= 15 is 0 Å². The maximum atomic E-state index is 11.4. The first-order chi connectivity index (χ1) is 8.22. The molecule has 0 aliphatic heterocycles. The predicted octanol–water partition coefficient (Wildman–Crippen LogP) is 2.71. The molecule has 0 fully saturated rings. The van der Waals surface area contributed by atoms with Crippen molar-refractivity contribution in [1.29, 1.82) is 0 Å². The molecule has 0 aliphatic carbocycles. The Morgan fingerprint density at radius 2 is 2.29 bits per heavy atom. The normalized spacial score (nSPS) is 12.4. The monoisotopic (exact) mass is 293 g/mol. The Morgan fingerprint density at radius 1 is 1.47 bits per heavy atom. The minimum absolute atomic E-state index is 0.254. The van der Waals surface area contributed by atoms with Crippen LogP contribution in [-0.2, 0) is 16.0 Å². The van der Waals surface area contributed by atoms with E-state index < -0.39 is 0 Å². The van der Waals surface area contributed by atoms with Gasteiger partial charge in [-0.05, 0) is 23.4 Å². The highest BCUT2D eigenvalue weighted by Crippen LogP contribution is 2.21. The molecule has 0 bridgehead atoms. The van der Waals surface area contributed by atoms with Gasteiger partial charge < -0.3 is 4.74 Å². The summed E-state index contributed by atoms with van der Waals surface area (Å²) in [6.07, 6.45) is 4.18. The van der Waals surface area contributed by atoms with E-state index in [1.165, 1.54) is 7.11 Å². The third-order valence-electron chi connectivity index (χ3n) is 2.63. The summed E-state index contributed by atoms with van der Waals surface area (Å²) in [7, 11) is 1.39. The number of nitrogens with zero attached hydrogens (tertiary/aromatic N) is 1. The third kappa shape index (κ3) is 2.64. The lowest BCUT2D eigenvalue weighted by atomic mass is 10.0. The van der Waals surface area contributed by atoms with Crippen molar-refractivity contribution in [3.8, 4) is 0 Å². The molecule has 17 heavy (non-hydrogen) atoms. The number of esters is 1. The van der Waals surface area contributed by atoms with Gasteiger partial charge in [-0.15, -0.1) is 0 Å². The molecule has 0 radical (unpaired) electrons. The van der Waals surface area contributed by atoms with E-state index in [1.807, 2.05) is 30.5 Å². The van der Waals surface area contributed by atoms with Crippen molar-refractivity contribution < 1.29 is 9.53 Å². The van der Waals surface area contributed by atoms with Crippen molar-refractivity contribution in [1.82, 2.24) is 4.98 Å². The first kappa shape index (κ1) is 12.0. The van der Waals surface area contributed by atoms with Gasteiger partial charge in [0.15, 0.2) is 0 Å². The van der Waals surface area contributed by atoms with E-state index in [0.717, 1.165) is 16.3 Å². The number of halogens is 1. The van der Waals surface area contributed by atoms with Gasteiger partial charge in [0.25, 0.3) is 0 Å². The zero-order chi connectivity index (χ0) is 12.3. The van der Waals surface area contributed by atoms with Gasteiger partial charge in [-0.25, -0.2) is 0 Å². The predicted molar refractivity (Wildman–Crippen MR) is 70.2 cm³/mol. The highest BCUT2D eigenvalue weighted by molar-refractivity contribution is 9.10. The van der Waals surface area contributed by atoms with Gasteiger partial charge in [0.2, 0.25) is 0 Å². The van der Waals surface area contributed by atoms with Crippen LogP contribution in [-0.4, -0.2) is 22.9 Å². The number of hydrogen-bond acceptors (Lipinski definition) is 3. The Labute approximate surface area is 108 Å². The second kappa shape index (κ2) is 5.27. The van der Waals surface area contributed by atoms with Gasteiger partial charge in [-0.1, -0.05) is 34.1 Å². The molecule has 1 atom stereocenters. The molecular formula is C13H12BrNO2. The molecule has 1 aromatic carbocycles. The fraction of sp³-hybridized carbons (Fsp3) is 0.231. The number of benzene rings is 1. The Morgan fingerprint density at radius 3 is 3.06 bits per heavy atom. The molecule has 0 spiro atoms. The van der Waals surface area contributed by atoms with Gasteiger partial charge in [0.05, 0.1) is 7.11 Å². The zero-order valence-corrected chi connectivity index (χ0v) is 11.0. The van der Waals surface area contributed by atoms with Gasteiger partial charge in [0, 0.05) is 17.8 Å². The third-order valence-corrected chi connectivity index (χ3v) is 3.32. The molecule has 88 valence electrons. The van der Waals surface area contributed by atoms with Crippen LogP contribution in [0, 0.1) is 0 Å². The number of aromatic nitrogens is 1. The minimum Gasteiger partial charge on any atom is -0.468 e. The summed E-state index contributed by atoms with van der Waals surface area (Å²) in [6.45, 7) is 0. The van der Waals surface area contributed by atoms with Crippen LogP contribution in [0.2, 0.25) is 0 Å². The van der Waals surface area contributed by atoms with Crippen molar-refractivity contribution in [2.75, 3.05) is 7.11 Å². The minimum atomic E-state index is -0.314. The highest BCUT2D eigenvalue weighted by Gasteiger charge is 2.16. The SMILES string of the molecule is COC(=O)C(Br)Cc1cccc2cnccc12. The number of pyridine rings is 1. The number of hydrogen-bond donors (Lipinski definition) is 0. The average Bonchev–Trinajstić information content (AvgIpc) is 2.38. The standard InChI is InChI=1S/C13H12BrNO2/c1-17-13(16)12(14)7-9-3-2-4-10-8-15-6-5-11(9)10/h2-6,8,12H,7H2,1H3. The lowest BCUT2D eigenvalue weighted by molar-refractivity contribution is -0.139. The largest absolute Gasteiger partial charge is 0.468 e. The first-order valence-electron chi connectivity index (χ1n) is 5.26. The molecule has 4 heteroatoms. The lowest BCUT2D eigenvalue weighted by Crippen LogP contribution is -2.18. The van der Waals surface area contributed by atoms with Crippen molar-refractivity contribution in [3.05, 3.63) is 42.2 Å². The Bertz CT molecular complexity index is 536. The average molecular weight is 294 g/mol. The number of carbonyl (C=O) groups excluding carboxylic acids is 1. The molecule has 0 amide bonds. The molecule has 2 rings (SSSR count). The van der Waals surface area contributed by atoms with Gasteiger partial charge >= 0.3 is 5.97 Å². The van der Waals surface area contributed by atoms with Gasteiger partial charge in [-0.2, -0.15) is 0 Å². The smallest absolute Gasteiger partial charge is 0.319 e. The van der Waals surface area contributed by atoms with Gasteiger partial charge in [0.1, 0.15) is 4.83 Å². The molecule has 0 aliphatic rings. The van der Waals surface area contributed by atoms with E-state index in [4.69, 9.17) is 4.74 Å². The van der Waals surface area contributed by atoms with Gasteiger partial charge in [-0.3, -0.25) is 9.78 Å². The van der Waals surface area contributed by atoms with Crippen LogP contribution >= 0.6 is 15.9 Å². The summed E-state index contributed by atoms with van der Waals surface area (Å²) in [5.41, 5.74) is 1.11. The maximum absolute atomic E-state index is 11.4. The summed E-state index contributed by atoms with van der Waals surface area (Å²) < 4.78 is 4.70. The zero-order valence-electron chi connectivity index (χ0n) is 9.39. The summed E-state index contributed by atoms with van der Waals surface area (Å²) in [5, 5.41) is 2.20. The van der Waals surface area contributed by atoms with Crippen LogP contribution in [0.5, 0.6) is 0 Å². The van der Waals surface area contributed by atoms with Crippen LogP contribution in [0.25, 0.3) is 10.8 Å². The van der Waals surface area contributed by atoms with E-state index in [0.29, 0.717) is 6.42 Å². The van der Waals surface area contributed by atoms with Crippen LogP contribution in [0.1, 0.15) is 5.56 Å². The molecule has 1 aromatic heterocycles. The number of alkyl halides is 1. The Kier molecular flexibility index (Phi) is 3.74. The van der Waals surface area contributed by atoms with Crippen molar-refractivity contribution in [2.45, 2.75) is 11.2 Å². The summed E-state index contributed by atoms with van der Waals surface area (Å²) in [5.74, 6) is -0.254. The van der Waals surface area contributed by atoms with Crippen molar-refractivity contribution >= 4 is 32.7 Å². The molecule has 3 nitrogen and oxygen atoms in total. The Balaban J connectivity index is 2.33. The number of carbonyl (C=O) groups is 1. The Hall–Kier alpha value is -1.42. The molecule has 1 heterocycles. The molecule has 0 N–H and O–H groups in total. The quantitative estimate of drug-likeness (QED) is 0.645. The van der Waals surface area contributed by atoms with E-state index in [-0.39, 0.29) is 10.8 Å². The summed E-state index contributed by atoms with van der Waals surface area (Å²) >= 11 is 3.34. The molecule has 2 aromatic rings. The second-order valence-corrected chi connectivity index (χ2v) is 4.81. The van der Waals surface area contributed by atoms with Crippen LogP contribution in [0.3, 0.4) is 0 Å². The fourth-order valence-electron chi connectivity index (χ4n) is 1.77. The first-order valence-corrected chi connectivity index (χ1v) is 6.17. The second-order valence-electron chi connectivity index (χ2n) is 3.71. The lowest BCUT2D eigenvalue weighted by Gasteiger charge is -2.09. The maximum Gasteiger partial charge on any atom is 0.319 e. The van der Waals surface area contributed by atoms with E-state index in [2.05, 4.69) is 20.9 Å². The van der Waals surface area contributed by atoms with Crippen molar-refractivity contribution in [3.63, 3.8) is 0 Å². The highest BCUT2D eigenvalue weighted by atomic mass is 79.9. The number of rotatable bonds is 3. The fourth-order valence-corrected chi connectivity index (χ4v) is 2.31. The van der Waals surface area contributed by atoms with Crippen LogP contribution in [0.4, 0.5) is 0 Å². The van der Waals surface area contributed by atoms with Crippen LogP contribution in [0.15, 0.2) is 36.7 Å². The topological polar surface area (TPSA) is 39.2 Å².